The normalized spacial score (nSPS) is 13.4. The van der Waals surface area contributed by atoms with E-state index in [0.29, 0.717) is 11.8 Å². The average Bonchev–Trinajstić information content (AvgIpc) is 2.72. The Kier molecular flexibility index (Phi) is 6.51. The van der Waals surface area contributed by atoms with Gasteiger partial charge in [-0.25, -0.2) is 0 Å². The van der Waals surface area contributed by atoms with Crippen LogP contribution in [0.2, 0.25) is 0 Å². The Labute approximate surface area is 167 Å². The zero-order chi connectivity index (χ0) is 19.4. The van der Waals surface area contributed by atoms with Crippen LogP contribution in [0.4, 0.5) is 0 Å². The van der Waals surface area contributed by atoms with E-state index >= 15 is 0 Å². The molecule has 0 N–H and O–H groups in total. The molecule has 27 heavy (non-hydrogen) atoms. The highest BCUT2D eigenvalue weighted by Gasteiger charge is 2.20. The van der Waals surface area contributed by atoms with Crippen molar-refractivity contribution in [3.8, 4) is 22.3 Å². The predicted molar refractivity (Wildman–Crippen MR) is 124 cm³/mol. The van der Waals surface area contributed by atoms with E-state index < -0.39 is 0 Å². The molecule has 0 fully saturated rings. The molecule has 3 aromatic carbocycles. The summed E-state index contributed by atoms with van der Waals surface area (Å²) < 4.78 is 0. The van der Waals surface area contributed by atoms with Crippen LogP contribution in [0.5, 0.6) is 0 Å². The van der Waals surface area contributed by atoms with Gasteiger partial charge in [0.05, 0.1) is 0 Å². The first-order valence-electron chi connectivity index (χ1n) is 10.1. The molecule has 0 spiro atoms. The first kappa shape index (κ1) is 19.8. The average molecular weight is 375 g/mol. The van der Waals surface area contributed by atoms with Crippen molar-refractivity contribution >= 4 is 14.5 Å². The second-order valence-corrected chi connectivity index (χ2v) is 8.23. The predicted octanol–water partition coefficient (Wildman–Crippen LogP) is 7.55. The maximum Gasteiger partial charge on any atom is -0.00642 e. The van der Waals surface area contributed by atoms with Gasteiger partial charge in [-0.3, -0.25) is 0 Å². The van der Waals surface area contributed by atoms with Gasteiger partial charge in [0.2, 0.25) is 0 Å². The smallest absolute Gasteiger partial charge is 0.00642 e. The minimum Gasteiger partial charge on any atom is -0.105 e. The van der Waals surface area contributed by atoms with Gasteiger partial charge in [-0.15, -0.1) is 9.24 Å². The fourth-order valence-electron chi connectivity index (χ4n) is 3.69. The third-order valence-corrected chi connectivity index (χ3v) is 6.33. The van der Waals surface area contributed by atoms with E-state index in [1.54, 1.807) is 0 Å². The van der Waals surface area contributed by atoms with Gasteiger partial charge in [-0.2, -0.15) is 0 Å². The molecule has 3 rings (SSSR count). The zero-order valence-corrected chi connectivity index (χ0v) is 18.2. The first-order valence-corrected chi connectivity index (χ1v) is 10.7. The van der Waals surface area contributed by atoms with E-state index in [4.69, 9.17) is 0 Å². The van der Waals surface area contributed by atoms with Gasteiger partial charge < -0.3 is 0 Å². The van der Waals surface area contributed by atoms with Crippen molar-refractivity contribution in [1.82, 2.24) is 0 Å². The molecule has 0 radical (unpaired) electrons. The zero-order valence-electron chi connectivity index (χ0n) is 17.0. The lowest BCUT2D eigenvalue weighted by Crippen LogP contribution is -2.06. The van der Waals surface area contributed by atoms with Crippen LogP contribution in [0, 0.1) is 0 Å². The summed E-state index contributed by atoms with van der Waals surface area (Å²) in [5.74, 6) is 1.09. The monoisotopic (exact) mass is 374 g/mol. The van der Waals surface area contributed by atoms with E-state index in [-0.39, 0.29) is 0 Å². The summed E-state index contributed by atoms with van der Waals surface area (Å²) in [5, 5.41) is 1.26. The van der Waals surface area contributed by atoms with E-state index in [1.807, 2.05) is 0 Å². The maximum absolute atomic E-state index is 2.93. The SMILES string of the molecule is CCC(C)c1cc(-c2ccccc2)c(-c2ccccc2P)c(C(C)CC)c1. The quantitative estimate of drug-likeness (QED) is 0.391. The molecule has 0 bridgehead atoms. The number of hydrogen-bond acceptors (Lipinski definition) is 0. The molecule has 3 unspecified atom stereocenters. The summed E-state index contributed by atoms with van der Waals surface area (Å²) in [5.41, 5.74) is 8.32. The molecule has 3 atom stereocenters. The Hall–Kier alpha value is -1.91. The highest BCUT2D eigenvalue weighted by Crippen LogP contribution is 2.41. The van der Waals surface area contributed by atoms with Gasteiger partial charge >= 0.3 is 0 Å². The molecule has 0 amide bonds. The molecule has 0 aliphatic heterocycles. The van der Waals surface area contributed by atoms with Crippen molar-refractivity contribution < 1.29 is 0 Å². The van der Waals surface area contributed by atoms with Gasteiger partial charge in [-0.05, 0) is 63.4 Å². The van der Waals surface area contributed by atoms with Crippen LogP contribution in [-0.2, 0) is 0 Å². The van der Waals surface area contributed by atoms with Crippen LogP contribution >= 0.6 is 9.24 Å². The number of hydrogen-bond donors (Lipinski definition) is 0. The summed E-state index contributed by atoms with van der Waals surface area (Å²) >= 11 is 0. The summed E-state index contributed by atoms with van der Waals surface area (Å²) in [6, 6.07) is 24.5. The van der Waals surface area contributed by atoms with Crippen LogP contribution < -0.4 is 5.30 Å². The van der Waals surface area contributed by atoms with Crippen LogP contribution in [0.1, 0.15) is 63.5 Å². The third kappa shape index (κ3) is 4.17. The second-order valence-electron chi connectivity index (χ2n) is 7.60. The van der Waals surface area contributed by atoms with Crippen molar-refractivity contribution in [1.29, 1.82) is 0 Å². The van der Waals surface area contributed by atoms with Crippen LogP contribution in [0.3, 0.4) is 0 Å². The minimum atomic E-state index is 0.524. The van der Waals surface area contributed by atoms with Crippen LogP contribution in [0.25, 0.3) is 22.3 Å². The largest absolute Gasteiger partial charge is 0.105 e. The molecule has 0 aromatic heterocycles. The van der Waals surface area contributed by atoms with E-state index in [9.17, 15) is 0 Å². The highest BCUT2D eigenvalue weighted by molar-refractivity contribution is 7.28. The molecule has 1 heteroatoms. The van der Waals surface area contributed by atoms with E-state index in [1.165, 1.54) is 38.7 Å². The van der Waals surface area contributed by atoms with Gasteiger partial charge in [0.25, 0.3) is 0 Å². The van der Waals surface area contributed by atoms with Crippen LogP contribution in [0.15, 0.2) is 66.7 Å². The number of benzene rings is 3. The molecule has 0 saturated heterocycles. The molecule has 0 heterocycles. The molecular formula is C26H31P. The summed E-state index contributed by atoms with van der Waals surface area (Å²) in [7, 11) is 2.93. The topological polar surface area (TPSA) is 0 Å². The Bertz CT molecular complexity index is 895. The molecule has 0 aliphatic rings. The molecular weight excluding hydrogens is 343 g/mol. The Morgan fingerprint density at radius 1 is 0.741 bits per heavy atom. The fourth-order valence-corrected chi connectivity index (χ4v) is 4.04. The van der Waals surface area contributed by atoms with Crippen molar-refractivity contribution in [2.75, 3.05) is 0 Å². The Balaban J connectivity index is 2.39. The van der Waals surface area contributed by atoms with E-state index in [2.05, 4.69) is 104 Å². The first-order chi connectivity index (χ1) is 13.1. The number of rotatable bonds is 6. The van der Waals surface area contributed by atoms with Gasteiger partial charge in [0.15, 0.2) is 0 Å². The third-order valence-electron chi connectivity index (χ3n) is 5.83. The highest BCUT2D eigenvalue weighted by atomic mass is 31.0. The lowest BCUT2D eigenvalue weighted by molar-refractivity contribution is 0.713. The molecule has 0 aliphatic carbocycles. The fraction of sp³-hybridized carbons (Fsp3) is 0.308. The maximum atomic E-state index is 2.93. The van der Waals surface area contributed by atoms with Crippen molar-refractivity contribution in [3.05, 3.63) is 77.9 Å². The molecule has 3 aromatic rings. The lowest BCUT2D eigenvalue weighted by atomic mass is 9.81. The Morgan fingerprint density at radius 3 is 2.00 bits per heavy atom. The molecule has 140 valence electrons. The van der Waals surface area contributed by atoms with E-state index in [0.717, 1.165) is 12.8 Å². The van der Waals surface area contributed by atoms with Crippen molar-refractivity contribution in [2.24, 2.45) is 0 Å². The minimum absolute atomic E-state index is 0.524. The van der Waals surface area contributed by atoms with Gasteiger partial charge in [0.1, 0.15) is 0 Å². The second kappa shape index (κ2) is 8.85. The lowest BCUT2D eigenvalue weighted by Gasteiger charge is -2.24. The standard InChI is InChI=1S/C26H31P/c1-5-18(3)21-16-23(19(4)6-2)26(22-14-10-11-15-25(22)27)24(17-21)20-12-8-7-9-13-20/h7-19H,5-6,27H2,1-4H3. The van der Waals surface area contributed by atoms with Gasteiger partial charge in [0, 0.05) is 0 Å². The molecule has 0 nitrogen and oxygen atoms in total. The Morgan fingerprint density at radius 2 is 1.37 bits per heavy atom. The summed E-state index contributed by atoms with van der Waals surface area (Å²) in [6.45, 7) is 9.27. The van der Waals surface area contributed by atoms with Crippen molar-refractivity contribution in [2.45, 2.75) is 52.4 Å². The summed E-state index contributed by atoms with van der Waals surface area (Å²) in [4.78, 5) is 0. The summed E-state index contributed by atoms with van der Waals surface area (Å²) in [6.07, 6.45) is 2.30. The molecule has 0 saturated carbocycles. The van der Waals surface area contributed by atoms with Crippen molar-refractivity contribution in [3.63, 3.8) is 0 Å². The van der Waals surface area contributed by atoms with Gasteiger partial charge in [-0.1, -0.05) is 94.4 Å². The van der Waals surface area contributed by atoms with Crippen LogP contribution in [-0.4, -0.2) is 0 Å².